The lowest BCUT2D eigenvalue weighted by Gasteiger charge is -2.11. The highest BCUT2D eigenvalue weighted by molar-refractivity contribution is 5.87. The van der Waals surface area contributed by atoms with Gasteiger partial charge in [0, 0.05) is 18.5 Å². The van der Waals surface area contributed by atoms with Crippen LogP contribution in [0.5, 0.6) is 5.75 Å². The molecule has 1 fully saturated rings. The topological polar surface area (TPSA) is 73.0 Å². The standard InChI is InChI=1S/C18H19FN4O/c1-2-10-8-16(24)14(19)9-13(10)11-3-4-12-15(7-11)22-23-17(12)18-20-5-6-21-18/h3-4,7-9,18,20-21,24H,2,5-6H2,1H3,(H,22,23). The number of aromatic nitrogens is 2. The zero-order valence-corrected chi connectivity index (χ0v) is 13.4. The predicted molar refractivity (Wildman–Crippen MR) is 91.3 cm³/mol. The van der Waals surface area contributed by atoms with Gasteiger partial charge >= 0.3 is 0 Å². The summed E-state index contributed by atoms with van der Waals surface area (Å²) in [5, 5.41) is 24.9. The Morgan fingerprint density at radius 3 is 2.75 bits per heavy atom. The minimum absolute atomic E-state index is 0.0816. The van der Waals surface area contributed by atoms with Gasteiger partial charge in [0.05, 0.1) is 11.2 Å². The van der Waals surface area contributed by atoms with E-state index in [0.717, 1.165) is 46.4 Å². The first-order chi connectivity index (χ1) is 11.7. The fourth-order valence-electron chi connectivity index (χ4n) is 3.30. The van der Waals surface area contributed by atoms with Crippen LogP contribution in [0, 0.1) is 5.82 Å². The van der Waals surface area contributed by atoms with Gasteiger partial charge in [-0.3, -0.25) is 15.7 Å². The van der Waals surface area contributed by atoms with Crippen LogP contribution in [0.1, 0.15) is 24.3 Å². The van der Waals surface area contributed by atoms with Crippen LogP contribution < -0.4 is 10.6 Å². The van der Waals surface area contributed by atoms with E-state index < -0.39 is 5.82 Å². The van der Waals surface area contributed by atoms with Crippen molar-refractivity contribution in [2.24, 2.45) is 0 Å². The summed E-state index contributed by atoms with van der Waals surface area (Å²) in [6.45, 7) is 3.84. The predicted octanol–water partition coefficient (Wildman–Crippen LogP) is 2.83. The third-order valence-corrected chi connectivity index (χ3v) is 4.56. The van der Waals surface area contributed by atoms with Crippen LogP contribution >= 0.6 is 0 Å². The van der Waals surface area contributed by atoms with Crippen LogP contribution in [-0.4, -0.2) is 28.4 Å². The molecule has 1 aliphatic heterocycles. The van der Waals surface area contributed by atoms with Crippen molar-refractivity contribution in [3.63, 3.8) is 0 Å². The van der Waals surface area contributed by atoms with E-state index in [0.29, 0.717) is 6.42 Å². The number of H-pyrrole nitrogens is 1. The van der Waals surface area contributed by atoms with E-state index in [2.05, 4.69) is 20.8 Å². The van der Waals surface area contributed by atoms with Crippen molar-refractivity contribution in [2.75, 3.05) is 13.1 Å². The summed E-state index contributed by atoms with van der Waals surface area (Å²) in [6, 6.07) is 8.83. The molecule has 0 radical (unpaired) electrons. The third-order valence-electron chi connectivity index (χ3n) is 4.56. The first-order valence-electron chi connectivity index (χ1n) is 8.14. The van der Waals surface area contributed by atoms with E-state index in [1.807, 2.05) is 25.1 Å². The van der Waals surface area contributed by atoms with Gasteiger partial charge in [0.1, 0.15) is 6.17 Å². The smallest absolute Gasteiger partial charge is 0.165 e. The second-order valence-corrected chi connectivity index (χ2v) is 6.02. The van der Waals surface area contributed by atoms with Crippen molar-refractivity contribution in [3.05, 3.63) is 47.4 Å². The Hall–Kier alpha value is -2.44. The Morgan fingerprint density at radius 1 is 1.21 bits per heavy atom. The first kappa shape index (κ1) is 15.1. The highest BCUT2D eigenvalue weighted by atomic mass is 19.1. The van der Waals surface area contributed by atoms with Gasteiger partial charge in [-0.05, 0) is 41.3 Å². The molecule has 1 saturated heterocycles. The summed E-state index contributed by atoms with van der Waals surface area (Å²) in [5.74, 6) is -0.915. The second-order valence-electron chi connectivity index (χ2n) is 6.02. The monoisotopic (exact) mass is 326 g/mol. The summed E-state index contributed by atoms with van der Waals surface area (Å²) >= 11 is 0. The lowest BCUT2D eigenvalue weighted by molar-refractivity contribution is 0.432. The number of nitrogens with zero attached hydrogens (tertiary/aromatic N) is 1. The number of halogens is 1. The molecule has 24 heavy (non-hydrogen) atoms. The van der Waals surface area contributed by atoms with Gasteiger partial charge in [-0.25, -0.2) is 4.39 Å². The minimum Gasteiger partial charge on any atom is -0.505 e. The van der Waals surface area contributed by atoms with Gasteiger partial charge in [0.15, 0.2) is 11.6 Å². The molecule has 3 aromatic rings. The van der Waals surface area contributed by atoms with Gasteiger partial charge in [-0.15, -0.1) is 0 Å². The number of aromatic amines is 1. The van der Waals surface area contributed by atoms with Gasteiger partial charge in [-0.2, -0.15) is 5.10 Å². The van der Waals surface area contributed by atoms with E-state index in [-0.39, 0.29) is 11.9 Å². The van der Waals surface area contributed by atoms with Crippen LogP contribution in [0.3, 0.4) is 0 Å². The number of phenolic OH excluding ortho intramolecular Hbond substituents is 1. The van der Waals surface area contributed by atoms with Gasteiger partial charge in [-0.1, -0.05) is 19.1 Å². The average Bonchev–Trinajstić information content (AvgIpc) is 3.25. The molecule has 0 saturated carbocycles. The molecule has 4 rings (SSSR count). The maximum absolute atomic E-state index is 13.8. The molecule has 6 heteroatoms. The van der Waals surface area contributed by atoms with E-state index >= 15 is 0 Å². The minimum atomic E-state index is -0.607. The zero-order chi connectivity index (χ0) is 16.7. The number of rotatable bonds is 3. The molecular weight excluding hydrogens is 307 g/mol. The molecule has 0 spiro atoms. The molecule has 1 aliphatic rings. The van der Waals surface area contributed by atoms with Crippen LogP contribution in [-0.2, 0) is 6.42 Å². The molecule has 1 aromatic heterocycles. The summed E-state index contributed by atoms with van der Waals surface area (Å²) in [4.78, 5) is 0. The van der Waals surface area contributed by atoms with E-state index in [4.69, 9.17) is 0 Å². The average molecular weight is 326 g/mol. The highest BCUT2D eigenvalue weighted by Crippen LogP contribution is 2.32. The van der Waals surface area contributed by atoms with Crippen LogP contribution in [0.25, 0.3) is 22.0 Å². The molecule has 5 nitrogen and oxygen atoms in total. The van der Waals surface area contributed by atoms with Gasteiger partial charge < -0.3 is 5.11 Å². The molecule has 0 aliphatic carbocycles. The number of aromatic hydroxyl groups is 1. The van der Waals surface area contributed by atoms with E-state index in [9.17, 15) is 9.50 Å². The lowest BCUT2D eigenvalue weighted by Crippen LogP contribution is -2.21. The summed E-state index contributed by atoms with van der Waals surface area (Å²) < 4.78 is 13.8. The zero-order valence-electron chi connectivity index (χ0n) is 13.4. The first-order valence-corrected chi connectivity index (χ1v) is 8.14. The maximum Gasteiger partial charge on any atom is 0.165 e. The SMILES string of the molecule is CCc1cc(O)c(F)cc1-c1ccc2c(C3NCCN3)[nH]nc2c1. The summed E-state index contributed by atoms with van der Waals surface area (Å²) in [7, 11) is 0. The molecule has 0 bridgehead atoms. The van der Waals surface area contributed by atoms with Gasteiger partial charge in [0.2, 0.25) is 0 Å². The fourth-order valence-corrected chi connectivity index (χ4v) is 3.30. The fraction of sp³-hybridized carbons (Fsp3) is 0.278. The molecule has 4 N–H and O–H groups in total. The molecule has 124 valence electrons. The van der Waals surface area contributed by atoms with Gasteiger partial charge in [0.25, 0.3) is 0 Å². The maximum atomic E-state index is 13.8. The van der Waals surface area contributed by atoms with E-state index in [1.54, 1.807) is 0 Å². The largest absolute Gasteiger partial charge is 0.505 e. The molecule has 0 amide bonds. The number of phenols is 1. The quantitative estimate of drug-likeness (QED) is 0.597. The van der Waals surface area contributed by atoms with Crippen molar-refractivity contribution >= 4 is 10.9 Å². The molecule has 2 aromatic carbocycles. The lowest BCUT2D eigenvalue weighted by atomic mass is 9.96. The Balaban J connectivity index is 1.80. The van der Waals surface area contributed by atoms with Crippen LogP contribution in [0.15, 0.2) is 30.3 Å². The number of benzene rings is 2. The summed E-state index contributed by atoms with van der Waals surface area (Å²) in [6.07, 6.45) is 0.793. The number of hydrogen-bond acceptors (Lipinski definition) is 4. The number of fused-ring (bicyclic) bond motifs is 1. The summed E-state index contributed by atoms with van der Waals surface area (Å²) in [5.41, 5.74) is 4.44. The van der Waals surface area contributed by atoms with E-state index in [1.165, 1.54) is 12.1 Å². The molecular formula is C18H19FN4O. The van der Waals surface area contributed by atoms with Crippen molar-refractivity contribution in [1.82, 2.24) is 20.8 Å². The van der Waals surface area contributed by atoms with Crippen molar-refractivity contribution in [2.45, 2.75) is 19.5 Å². The Morgan fingerprint density at radius 2 is 2.00 bits per heavy atom. The van der Waals surface area contributed by atoms with Crippen LogP contribution in [0.2, 0.25) is 0 Å². The highest BCUT2D eigenvalue weighted by Gasteiger charge is 2.20. The Kier molecular flexibility index (Phi) is 3.70. The van der Waals surface area contributed by atoms with Crippen molar-refractivity contribution in [1.29, 1.82) is 0 Å². The molecule has 2 heterocycles. The number of hydrogen-bond donors (Lipinski definition) is 4. The second kappa shape index (κ2) is 5.89. The number of nitrogens with one attached hydrogen (secondary N) is 3. The Labute approximate surface area is 138 Å². The molecule has 0 atom stereocenters. The Bertz CT molecular complexity index is 899. The van der Waals surface area contributed by atoms with Crippen molar-refractivity contribution < 1.29 is 9.50 Å². The van der Waals surface area contributed by atoms with Crippen molar-refractivity contribution in [3.8, 4) is 16.9 Å². The molecule has 0 unspecified atom stereocenters. The normalized spacial score (nSPS) is 15.4. The number of aryl methyl sites for hydroxylation is 1. The third kappa shape index (κ3) is 2.44. The van der Waals surface area contributed by atoms with Crippen LogP contribution in [0.4, 0.5) is 4.39 Å².